The number of hydrogen-bond acceptors (Lipinski definition) is 6. The van der Waals surface area contributed by atoms with E-state index in [0.717, 1.165) is 18.8 Å². The lowest BCUT2D eigenvalue weighted by molar-refractivity contribution is -0.117. The number of methoxy groups -OCH3 is 1. The highest BCUT2D eigenvalue weighted by atomic mass is 32.1. The van der Waals surface area contributed by atoms with Gasteiger partial charge in [0.2, 0.25) is 5.91 Å². The van der Waals surface area contributed by atoms with E-state index >= 15 is 0 Å². The predicted molar refractivity (Wildman–Crippen MR) is 81.6 cm³/mol. The number of nitrogens with two attached hydrogens (primary N) is 1. The van der Waals surface area contributed by atoms with Gasteiger partial charge in [-0.2, -0.15) is 0 Å². The minimum atomic E-state index is -0.760. The maximum absolute atomic E-state index is 11.1. The zero-order chi connectivity index (χ0) is 14.5. The Hall–Kier alpha value is -1.60. The standard InChI is InChI=1S/C13H19N3O3S/c1-18-11-3-2-9(16-4-6-19-7-5-16)8-10(11)15-13(20)12(14)17/h2-3,8,13,15,20H,4-7H2,1H3,(H2,14,17). The average molecular weight is 297 g/mol. The quantitative estimate of drug-likeness (QED) is 0.550. The Kier molecular flexibility index (Phi) is 4.97. The van der Waals surface area contributed by atoms with Crippen LogP contribution in [0.4, 0.5) is 11.4 Å². The molecule has 1 aromatic rings. The highest BCUT2D eigenvalue weighted by molar-refractivity contribution is 7.81. The van der Waals surface area contributed by atoms with Gasteiger partial charge < -0.3 is 25.4 Å². The summed E-state index contributed by atoms with van der Waals surface area (Å²) in [5.41, 5.74) is 6.94. The van der Waals surface area contributed by atoms with Crippen molar-refractivity contribution in [3.63, 3.8) is 0 Å². The highest BCUT2D eigenvalue weighted by Crippen LogP contribution is 2.30. The molecule has 20 heavy (non-hydrogen) atoms. The number of nitrogens with one attached hydrogen (secondary N) is 1. The highest BCUT2D eigenvalue weighted by Gasteiger charge is 2.16. The van der Waals surface area contributed by atoms with Crippen molar-refractivity contribution in [3.8, 4) is 5.75 Å². The van der Waals surface area contributed by atoms with Crippen molar-refractivity contribution in [1.82, 2.24) is 0 Å². The molecule has 1 aliphatic heterocycles. The molecule has 0 saturated carbocycles. The molecule has 1 aromatic carbocycles. The third kappa shape index (κ3) is 3.49. The summed E-state index contributed by atoms with van der Waals surface area (Å²) in [4.78, 5) is 13.3. The van der Waals surface area contributed by atoms with Crippen LogP contribution in [0.1, 0.15) is 0 Å². The van der Waals surface area contributed by atoms with Crippen LogP contribution in [0.15, 0.2) is 18.2 Å². The number of morpholine rings is 1. The summed E-state index contributed by atoms with van der Waals surface area (Å²) in [6.45, 7) is 3.11. The molecule has 6 nitrogen and oxygen atoms in total. The van der Waals surface area contributed by atoms with Gasteiger partial charge in [0, 0.05) is 18.8 Å². The van der Waals surface area contributed by atoms with E-state index in [1.165, 1.54) is 0 Å². The van der Waals surface area contributed by atoms with Crippen LogP contribution in [0.5, 0.6) is 5.75 Å². The number of benzene rings is 1. The molecule has 0 radical (unpaired) electrons. The fourth-order valence-corrected chi connectivity index (χ4v) is 2.18. The second-order valence-electron chi connectivity index (χ2n) is 4.43. The molecule has 1 fully saturated rings. The molecular weight excluding hydrogens is 278 g/mol. The first-order valence-electron chi connectivity index (χ1n) is 6.36. The van der Waals surface area contributed by atoms with Gasteiger partial charge in [0.1, 0.15) is 11.1 Å². The molecule has 2 rings (SSSR count). The fourth-order valence-electron chi connectivity index (χ4n) is 2.05. The van der Waals surface area contributed by atoms with Crippen LogP contribution in [-0.2, 0) is 9.53 Å². The third-order valence-corrected chi connectivity index (χ3v) is 3.50. The molecule has 7 heteroatoms. The Balaban J connectivity index is 2.21. The molecule has 1 atom stereocenters. The summed E-state index contributed by atoms with van der Waals surface area (Å²) in [6, 6.07) is 5.76. The second kappa shape index (κ2) is 6.71. The topological polar surface area (TPSA) is 76.8 Å². The van der Waals surface area contributed by atoms with Crippen molar-refractivity contribution in [2.45, 2.75) is 5.37 Å². The number of carbonyl (C=O) groups is 1. The number of anilines is 2. The van der Waals surface area contributed by atoms with E-state index in [9.17, 15) is 4.79 Å². The molecule has 1 aliphatic rings. The predicted octanol–water partition coefficient (Wildman–Crippen LogP) is 0.685. The van der Waals surface area contributed by atoms with Gasteiger partial charge in [-0.25, -0.2) is 0 Å². The zero-order valence-corrected chi connectivity index (χ0v) is 12.2. The number of amides is 1. The minimum Gasteiger partial charge on any atom is -0.495 e. The summed E-state index contributed by atoms with van der Waals surface area (Å²) in [5, 5.41) is 2.19. The van der Waals surface area contributed by atoms with Gasteiger partial charge >= 0.3 is 0 Å². The Morgan fingerprint density at radius 1 is 1.50 bits per heavy atom. The van der Waals surface area contributed by atoms with Crippen LogP contribution in [-0.4, -0.2) is 44.7 Å². The first-order valence-corrected chi connectivity index (χ1v) is 6.88. The van der Waals surface area contributed by atoms with Crippen molar-refractivity contribution < 1.29 is 14.3 Å². The number of thiol groups is 1. The number of primary amides is 1. The minimum absolute atomic E-state index is 0.535. The Labute approximate surface area is 123 Å². The number of ether oxygens (including phenoxy) is 2. The van der Waals surface area contributed by atoms with E-state index in [1.54, 1.807) is 7.11 Å². The lowest BCUT2D eigenvalue weighted by Crippen LogP contribution is -2.36. The molecule has 110 valence electrons. The van der Waals surface area contributed by atoms with Gasteiger partial charge in [0.05, 0.1) is 26.0 Å². The molecule has 1 unspecified atom stereocenters. The second-order valence-corrected chi connectivity index (χ2v) is 4.95. The van der Waals surface area contributed by atoms with E-state index in [4.69, 9.17) is 15.2 Å². The van der Waals surface area contributed by atoms with Crippen LogP contribution < -0.4 is 20.7 Å². The molecule has 1 heterocycles. The van der Waals surface area contributed by atoms with E-state index in [2.05, 4.69) is 22.8 Å². The molecule has 1 saturated heterocycles. The van der Waals surface area contributed by atoms with Crippen LogP contribution in [0.3, 0.4) is 0 Å². The normalized spacial score (nSPS) is 16.6. The molecule has 0 spiro atoms. The Bertz CT molecular complexity index is 478. The van der Waals surface area contributed by atoms with Crippen LogP contribution in [0.2, 0.25) is 0 Å². The molecule has 1 amide bonds. The number of nitrogens with zero attached hydrogens (tertiary/aromatic N) is 1. The SMILES string of the molecule is COc1ccc(N2CCOCC2)cc1NC(S)C(N)=O. The lowest BCUT2D eigenvalue weighted by Gasteiger charge is -2.29. The first-order chi connectivity index (χ1) is 9.61. The lowest BCUT2D eigenvalue weighted by atomic mass is 10.2. The number of hydrogen-bond donors (Lipinski definition) is 3. The average Bonchev–Trinajstić information content (AvgIpc) is 2.48. The number of rotatable bonds is 5. The van der Waals surface area contributed by atoms with Crippen LogP contribution in [0, 0.1) is 0 Å². The summed E-state index contributed by atoms with van der Waals surface area (Å²) in [6.07, 6.45) is 0. The van der Waals surface area contributed by atoms with Crippen molar-refractivity contribution in [1.29, 1.82) is 0 Å². The monoisotopic (exact) mass is 297 g/mol. The van der Waals surface area contributed by atoms with Gasteiger partial charge in [0.15, 0.2) is 0 Å². The van der Waals surface area contributed by atoms with E-state index in [0.29, 0.717) is 24.7 Å². The smallest absolute Gasteiger partial charge is 0.250 e. The summed E-state index contributed by atoms with van der Waals surface area (Å²) in [7, 11) is 1.58. The van der Waals surface area contributed by atoms with Crippen molar-refractivity contribution >= 4 is 29.9 Å². The molecule has 0 aromatic heterocycles. The van der Waals surface area contributed by atoms with Crippen molar-refractivity contribution in [2.75, 3.05) is 43.6 Å². The molecule has 0 aliphatic carbocycles. The zero-order valence-electron chi connectivity index (χ0n) is 11.3. The van der Waals surface area contributed by atoms with Gasteiger partial charge in [-0.1, -0.05) is 0 Å². The van der Waals surface area contributed by atoms with Crippen LogP contribution in [0.25, 0.3) is 0 Å². The molecule has 0 bridgehead atoms. The van der Waals surface area contributed by atoms with E-state index in [1.807, 2.05) is 18.2 Å². The van der Waals surface area contributed by atoms with E-state index in [-0.39, 0.29) is 0 Å². The summed E-state index contributed by atoms with van der Waals surface area (Å²) >= 11 is 4.11. The van der Waals surface area contributed by atoms with Gasteiger partial charge in [0.25, 0.3) is 0 Å². The van der Waals surface area contributed by atoms with Gasteiger partial charge in [-0.15, -0.1) is 12.6 Å². The maximum Gasteiger partial charge on any atom is 0.250 e. The molecule has 3 N–H and O–H groups in total. The van der Waals surface area contributed by atoms with E-state index < -0.39 is 11.3 Å². The van der Waals surface area contributed by atoms with Crippen molar-refractivity contribution in [3.05, 3.63) is 18.2 Å². The van der Waals surface area contributed by atoms with Gasteiger partial charge in [-0.05, 0) is 18.2 Å². The summed E-state index contributed by atoms with van der Waals surface area (Å²) < 4.78 is 10.6. The Morgan fingerprint density at radius 3 is 2.80 bits per heavy atom. The number of carbonyl (C=O) groups excluding carboxylic acids is 1. The maximum atomic E-state index is 11.1. The Morgan fingerprint density at radius 2 is 2.20 bits per heavy atom. The van der Waals surface area contributed by atoms with Gasteiger partial charge in [-0.3, -0.25) is 4.79 Å². The first kappa shape index (κ1) is 14.8. The molecular formula is C13H19N3O3S. The van der Waals surface area contributed by atoms with Crippen LogP contribution >= 0.6 is 12.6 Å². The third-order valence-electron chi connectivity index (χ3n) is 3.12. The summed E-state index contributed by atoms with van der Waals surface area (Å²) in [5.74, 6) is 0.106. The largest absolute Gasteiger partial charge is 0.495 e. The van der Waals surface area contributed by atoms with Crippen molar-refractivity contribution in [2.24, 2.45) is 5.73 Å². The fraction of sp³-hybridized carbons (Fsp3) is 0.462.